The van der Waals surface area contributed by atoms with Gasteiger partial charge in [-0.1, -0.05) is 38.1 Å². The van der Waals surface area contributed by atoms with E-state index in [0.717, 1.165) is 11.1 Å². The Kier molecular flexibility index (Phi) is 6.35. The lowest BCUT2D eigenvalue weighted by Crippen LogP contribution is -2.31. The van der Waals surface area contributed by atoms with Crippen molar-refractivity contribution in [1.29, 1.82) is 0 Å². The summed E-state index contributed by atoms with van der Waals surface area (Å²) in [6.45, 7) is 3.24. The highest BCUT2D eigenvalue weighted by molar-refractivity contribution is 7.08. The van der Waals surface area contributed by atoms with Crippen LogP contribution in [-0.4, -0.2) is 29.0 Å². The number of ether oxygens (including phenoxy) is 1. The molecular weight excluding hydrogens is 438 g/mol. The topological polar surface area (TPSA) is 87.1 Å². The summed E-state index contributed by atoms with van der Waals surface area (Å²) in [5.74, 6) is -1.45. The highest BCUT2D eigenvalue weighted by Gasteiger charge is 2.45. The molecule has 1 aromatic heterocycles. The minimum absolute atomic E-state index is 0.0481. The molecule has 4 rings (SSSR count). The number of nitrogens with zero attached hydrogens (tertiary/aromatic N) is 1. The Bertz CT molecular complexity index is 1230. The number of rotatable bonds is 7. The number of benzene rings is 2. The first-order valence-corrected chi connectivity index (χ1v) is 11.5. The number of hydrogen-bond donors (Lipinski definition) is 2. The number of methoxy groups -OCH3 is 1. The van der Waals surface area contributed by atoms with Gasteiger partial charge in [0.1, 0.15) is 5.75 Å². The quantitative estimate of drug-likeness (QED) is 0.513. The molecule has 1 aliphatic rings. The highest BCUT2D eigenvalue weighted by Crippen LogP contribution is 2.45. The molecule has 0 radical (unpaired) electrons. The van der Waals surface area contributed by atoms with E-state index in [1.165, 1.54) is 12.0 Å². The minimum Gasteiger partial charge on any atom is -0.503 e. The fourth-order valence-corrected chi connectivity index (χ4v) is 4.84. The fourth-order valence-electron chi connectivity index (χ4n) is 4.18. The summed E-state index contributed by atoms with van der Waals surface area (Å²) in [7, 11) is 1.52. The lowest BCUT2D eigenvalue weighted by Gasteiger charge is -2.29. The van der Waals surface area contributed by atoms with Gasteiger partial charge in [-0.25, -0.2) is 0 Å². The molecule has 1 aliphatic heterocycles. The number of ketones is 1. The maximum absolute atomic E-state index is 13.3. The third-order valence-electron chi connectivity index (χ3n) is 5.80. The monoisotopic (exact) mass is 463 g/mol. The summed E-state index contributed by atoms with van der Waals surface area (Å²) in [6.07, 6.45) is 0. The molecule has 0 bridgehead atoms. The van der Waals surface area contributed by atoms with Gasteiger partial charge in [0.05, 0.1) is 25.3 Å². The van der Waals surface area contributed by atoms with E-state index in [4.69, 9.17) is 4.74 Å². The van der Waals surface area contributed by atoms with Gasteiger partial charge in [0.25, 0.3) is 5.91 Å². The summed E-state index contributed by atoms with van der Waals surface area (Å²) in [5, 5.41) is 24.8. The van der Waals surface area contributed by atoms with Crippen molar-refractivity contribution in [2.75, 3.05) is 12.0 Å². The van der Waals surface area contributed by atoms with Crippen LogP contribution in [0.25, 0.3) is 11.1 Å². The fraction of sp³-hybridized carbons (Fsp3) is 0.231. The number of aliphatic hydroxyl groups excluding tert-OH is 2. The largest absolute Gasteiger partial charge is 0.503 e. The smallest absolute Gasteiger partial charge is 0.294 e. The summed E-state index contributed by atoms with van der Waals surface area (Å²) in [4.78, 5) is 27.8. The molecule has 7 heteroatoms. The molecule has 1 atom stereocenters. The van der Waals surface area contributed by atoms with E-state index in [0.29, 0.717) is 22.6 Å². The van der Waals surface area contributed by atoms with Crippen LogP contribution in [-0.2, 0) is 16.2 Å². The molecule has 2 heterocycles. The SMILES string of the molecule is COc1ccccc1C1C(C(=O)C(C)C)=C(O)C(=O)N1c1ccc(-c2ccsc2)c(CO)c1. The van der Waals surface area contributed by atoms with E-state index in [9.17, 15) is 19.8 Å². The number of hydrogen-bond acceptors (Lipinski definition) is 6. The van der Waals surface area contributed by atoms with Gasteiger partial charge in [-0.15, -0.1) is 0 Å². The molecule has 33 heavy (non-hydrogen) atoms. The summed E-state index contributed by atoms with van der Waals surface area (Å²) >= 11 is 1.55. The molecule has 1 unspecified atom stereocenters. The molecule has 0 aliphatic carbocycles. The van der Waals surface area contributed by atoms with Gasteiger partial charge in [0, 0.05) is 17.2 Å². The van der Waals surface area contributed by atoms with Crippen LogP contribution in [0.3, 0.4) is 0 Å². The number of carbonyl (C=O) groups is 2. The van der Waals surface area contributed by atoms with Crippen molar-refractivity contribution in [3.8, 4) is 16.9 Å². The van der Waals surface area contributed by atoms with Gasteiger partial charge in [0.15, 0.2) is 11.5 Å². The van der Waals surface area contributed by atoms with Crippen molar-refractivity contribution in [3.05, 3.63) is 81.8 Å². The third-order valence-corrected chi connectivity index (χ3v) is 6.48. The Morgan fingerprint density at radius 3 is 2.58 bits per heavy atom. The van der Waals surface area contributed by atoms with Crippen LogP contribution in [0.1, 0.15) is 31.0 Å². The van der Waals surface area contributed by atoms with E-state index in [2.05, 4.69) is 0 Å². The van der Waals surface area contributed by atoms with Crippen molar-refractivity contribution in [2.45, 2.75) is 26.5 Å². The predicted octanol–water partition coefficient (Wildman–Crippen LogP) is 5.04. The van der Waals surface area contributed by atoms with E-state index in [-0.39, 0.29) is 18.0 Å². The molecule has 6 nitrogen and oxygen atoms in total. The average molecular weight is 464 g/mol. The molecular formula is C26H25NO5S. The maximum Gasteiger partial charge on any atom is 0.294 e. The Balaban J connectivity index is 1.90. The van der Waals surface area contributed by atoms with Crippen LogP contribution in [0.15, 0.2) is 70.6 Å². The van der Waals surface area contributed by atoms with Gasteiger partial charge >= 0.3 is 0 Å². The Labute approximate surface area is 196 Å². The van der Waals surface area contributed by atoms with E-state index >= 15 is 0 Å². The summed E-state index contributed by atoms with van der Waals surface area (Å²) < 4.78 is 5.52. The zero-order chi connectivity index (χ0) is 23.7. The predicted molar refractivity (Wildman–Crippen MR) is 128 cm³/mol. The standard InChI is InChI=1S/C26H25NO5S/c1-15(2)24(29)22-23(20-6-4-5-7-21(20)32-3)27(26(31)25(22)30)18-8-9-19(17(12-18)13-28)16-10-11-33-14-16/h4-12,14-15,23,28,30H,13H2,1-3H3. The number of para-hydroxylation sites is 1. The number of anilines is 1. The Hall–Kier alpha value is -3.42. The second-order valence-electron chi connectivity index (χ2n) is 8.11. The second kappa shape index (κ2) is 9.21. The van der Waals surface area contributed by atoms with Crippen molar-refractivity contribution < 1.29 is 24.5 Å². The molecule has 2 aromatic carbocycles. The van der Waals surface area contributed by atoms with E-state index < -0.39 is 23.6 Å². The van der Waals surface area contributed by atoms with E-state index in [1.807, 2.05) is 22.9 Å². The number of carbonyl (C=O) groups excluding carboxylic acids is 2. The third kappa shape index (κ3) is 3.94. The van der Waals surface area contributed by atoms with Crippen molar-refractivity contribution in [2.24, 2.45) is 5.92 Å². The van der Waals surface area contributed by atoms with E-state index in [1.54, 1.807) is 61.6 Å². The van der Waals surface area contributed by atoms with Crippen LogP contribution in [0, 0.1) is 5.92 Å². The number of Topliss-reactive ketones (excluding diaryl/α,β-unsaturated/α-hetero) is 1. The molecule has 0 saturated carbocycles. The first-order valence-electron chi connectivity index (χ1n) is 10.6. The number of thiophene rings is 1. The zero-order valence-electron chi connectivity index (χ0n) is 18.6. The average Bonchev–Trinajstić information content (AvgIpc) is 3.45. The molecule has 0 spiro atoms. The highest BCUT2D eigenvalue weighted by atomic mass is 32.1. The molecule has 0 fully saturated rings. The van der Waals surface area contributed by atoms with Gasteiger partial charge in [-0.05, 0) is 51.7 Å². The second-order valence-corrected chi connectivity index (χ2v) is 8.89. The Morgan fingerprint density at radius 1 is 1.18 bits per heavy atom. The zero-order valence-corrected chi connectivity index (χ0v) is 19.4. The molecule has 170 valence electrons. The lowest BCUT2D eigenvalue weighted by atomic mass is 9.90. The maximum atomic E-state index is 13.3. The van der Waals surface area contributed by atoms with Crippen LogP contribution in [0.5, 0.6) is 5.75 Å². The van der Waals surface area contributed by atoms with Gasteiger partial charge in [0.2, 0.25) is 0 Å². The molecule has 0 saturated heterocycles. The van der Waals surface area contributed by atoms with Gasteiger partial charge in [-0.3, -0.25) is 14.5 Å². The van der Waals surface area contributed by atoms with Crippen LogP contribution in [0.4, 0.5) is 5.69 Å². The number of aliphatic hydroxyl groups is 2. The van der Waals surface area contributed by atoms with Crippen molar-refractivity contribution >= 4 is 28.7 Å². The van der Waals surface area contributed by atoms with Gasteiger partial charge in [-0.2, -0.15) is 11.3 Å². The van der Waals surface area contributed by atoms with Gasteiger partial charge < -0.3 is 14.9 Å². The lowest BCUT2D eigenvalue weighted by molar-refractivity contribution is -0.119. The molecule has 1 amide bonds. The summed E-state index contributed by atoms with van der Waals surface area (Å²) in [6, 6.07) is 13.6. The van der Waals surface area contributed by atoms with Crippen LogP contribution >= 0.6 is 11.3 Å². The van der Waals surface area contributed by atoms with Crippen LogP contribution in [0.2, 0.25) is 0 Å². The number of amides is 1. The van der Waals surface area contributed by atoms with Crippen LogP contribution < -0.4 is 9.64 Å². The normalized spacial score (nSPS) is 16.1. The minimum atomic E-state index is -0.859. The molecule has 3 aromatic rings. The first kappa shape index (κ1) is 22.8. The Morgan fingerprint density at radius 2 is 1.94 bits per heavy atom. The van der Waals surface area contributed by atoms with Crippen molar-refractivity contribution in [3.63, 3.8) is 0 Å². The summed E-state index contributed by atoms with van der Waals surface area (Å²) in [5.41, 5.74) is 3.58. The first-order chi connectivity index (χ1) is 15.9. The molecule has 2 N–H and O–H groups in total. The van der Waals surface area contributed by atoms with Crippen molar-refractivity contribution in [1.82, 2.24) is 0 Å².